The average molecular weight is 318 g/mol. The molecule has 0 aromatic heterocycles. The first-order valence-electron chi connectivity index (χ1n) is 7.40. The summed E-state index contributed by atoms with van der Waals surface area (Å²) in [6.45, 7) is 11.6. The third kappa shape index (κ3) is 20.4. The van der Waals surface area contributed by atoms with Crippen LogP contribution in [0.3, 0.4) is 0 Å². The second kappa shape index (κ2) is 21.4. The Morgan fingerprint density at radius 3 is 1.40 bits per heavy atom. The molecule has 1 aliphatic rings. The van der Waals surface area contributed by atoms with Gasteiger partial charge < -0.3 is 33.0 Å². The van der Waals surface area contributed by atoms with Crippen molar-refractivity contribution in [1.29, 1.82) is 0 Å². The van der Waals surface area contributed by atoms with Crippen molar-refractivity contribution >= 4 is 6.29 Å². The molecule has 1 saturated heterocycles. The SMILES string of the molecule is C1C[N-]CCCNCCCNCCCNC1.[CH2-]C=O.[Ti+2]. The fraction of sp³-hybridized carbons (Fsp3) is 0.857. The van der Waals surface area contributed by atoms with Crippen LogP contribution in [-0.2, 0) is 26.5 Å². The molecule has 0 aromatic rings. The number of hydrogen-bond donors (Lipinski definition) is 3. The Kier molecular flexibility index (Phi) is 23.9. The van der Waals surface area contributed by atoms with Crippen LogP contribution in [0.5, 0.6) is 0 Å². The first-order valence-corrected chi connectivity index (χ1v) is 7.40. The number of nitrogens with one attached hydrogen (secondary N) is 3. The third-order valence-corrected chi connectivity index (χ3v) is 2.75. The Hall–Kier alpha value is 0.0943. The van der Waals surface area contributed by atoms with Gasteiger partial charge in [-0.15, -0.1) is 13.1 Å². The fourth-order valence-corrected chi connectivity index (χ4v) is 1.80. The Morgan fingerprint density at radius 2 is 1.05 bits per heavy atom. The van der Waals surface area contributed by atoms with E-state index in [0.29, 0.717) is 6.29 Å². The molecule has 0 bridgehead atoms. The van der Waals surface area contributed by atoms with Gasteiger partial charge in [0.1, 0.15) is 0 Å². The zero-order valence-electron chi connectivity index (χ0n) is 12.6. The number of aldehydes is 1. The number of nitrogens with zero attached hydrogens (tertiary/aromatic N) is 1. The summed E-state index contributed by atoms with van der Waals surface area (Å²) in [5, 5.41) is 14.9. The smallest absolute Gasteiger partial charge is 0.662 e. The van der Waals surface area contributed by atoms with Crippen molar-refractivity contribution < 1.29 is 26.5 Å². The summed E-state index contributed by atoms with van der Waals surface area (Å²) >= 11 is 0. The van der Waals surface area contributed by atoms with E-state index in [4.69, 9.17) is 4.79 Å². The van der Waals surface area contributed by atoms with E-state index in [1.54, 1.807) is 0 Å². The predicted molar refractivity (Wildman–Crippen MR) is 81.6 cm³/mol. The van der Waals surface area contributed by atoms with Gasteiger partial charge in [-0.2, -0.15) is 0 Å². The molecule has 0 radical (unpaired) electrons. The second-order valence-corrected chi connectivity index (χ2v) is 4.50. The Morgan fingerprint density at radius 1 is 0.750 bits per heavy atom. The number of carbonyl (C=O) groups is 1. The zero-order valence-corrected chi connectivity index (χ0v) is 14.2. The maximum atomic E-state index is 8.69. The van der Waals surface area contributed by atoms with E-state index in [1.165, 1.54) is 25.7 Å². The van der Waals surface area contributed by atoms with E-state index in [2.05, 4.69) is 28.2 Å². The molecule has 1 heterocycles. The van der Waals surface area contributed by atoms with Crippen molar-refractivity contribution in [2.75, 3.05) is 52.4 Å². The quantitative estimate of drug-likeness (QED) is 0.350. The van der Waals surface area contributed by atoms with Crippen LogP contribution >= 0.6 is 0 Å². The summed E-state index contributed by atoms with van der Waals surface area (Å²) in [5.41, 5.74) is 0. The largest absolute Gasteiger partial charge is 2.00 e. The Labute approximate surface area is 139 Å². The summed E-state index contributed by atoms with van der Waals surface area (Å²) in [6, 6.07) is 0. The summed E-state index contributed by atoms with van der Waals surface area (Å²) in [5.74, 6) is 0. The molecule has 0 amide bonds. The van der Waals surface area contributed by atoms with Crippen molar-refractivity contribution in [3.63, 3.8) is 0 Å². The topological polar surface area (TPSA) is 67.3 Å². The van der Waals surface area contributed by atoms with Crippen molar-refractivity contribution in [3.05, 3.63) is 12.2 Å². The molecule has 0 aliphatic carbocycles. The standard InChI is InChI=1S/C12H27N4.C2H3O.Ti/c1-5-13-7-2-9-15-11-4-12-16-10-3-8-14-6-1;1-2-3;/h13-15H,1-12H2;2H,1H2;/q2*-1;+2. The van der Waals surface area contributed by atoms with Crippen LogP contribution in [0, 0.1) is 6.92 Å². The monoisotopic (exact) mass is 318 g/mol. The van der Waals surface area contributed by atoms with Gasteiger partial charge in [0.05, 0.1) is 0 Å². The molecule has 20 heavy (non-hydrogen) atoms. The van der Waals surface area contributed by atoms with E-state index in [0.717, 1.165) is 52.4 Å². The summed E-state index contributed by atoms with van der Waals surface area (Å²) in [7, 11) is 0. The third-order valence-electron chi connectivity index (χ3n) is 2.75. The average Bonchev–Trinajstić information content (AvgIpc) is 2.40. The molecule has 3 N–H and O–H groups in total. The minimum absolute atomic E-state index is 0. The van der Waals surface area contributed by atoms with Crippen LogP contribution in [0.2, 0.25) is 0 Å². The van der Waals surface area contributed by atoms with Gasteiger partial charge in [-0.1, -0.05) is 12.8 Å². The van der Waals surface area contributed by atoms with Gasteiger partial charge in [-0.25, -0.2) is 0 Å². The molecule has 0 unspecified atom stereocenters. The number of hydrogen-bond acceptors (Lipinski definition) is 4. The molecule has 6 heteroatoms. The van der Waals surface area contributed by atoms with E-state index < -0.39 is 0 Å². The van der Waals surface area contributed by atoms with Crippen LogP contribution in [0.15, 0.2) is 0 Å². The minimum atomic E-state index is 0. The second-order valence-electron chi connectivity index (χ2n) is 4.50. The number of rotatable bonds is 0. The van der Waals surface area contributed by atoms with Crippen molar-refractivity contribution in [2.45, 2.75) is 25.7 Å². The molecule has 5 nitrogen and oxygen atoms in total. The van der Waals surface area contributed by atoms with Gasteiger partial charge in [0.15, 0.2) is 0 Å². The van der Waals surface area contributed by atoms with E-state index in [-0.39, 0.29) is 21.7 Å². The Balaban J connectivity index is 0. The summed E-state index contributed by atoms with van der Waals surface area (Å²) < 4.78 is 0. The molecule has 0 aromatic carbocycles. The summed E-state index contributed by atoms with van der Waals surface area (Å²) in [4.78, 5) is 8.69. The molecular formula is C14H30N4OTi. The normalized spacial score (nSPS) is 19.8. The van der Waals surface area contributed by atoms with Gasteiger partial charge >= 0.3 is 21.7 Å². The van der Waals surface area contributed by atoms with E-state index >= 15 is 0 Å². The van der Waals surface area contributed by atoms with Crippen LogP contribution in [-0.4, -0.2) is 58.6 Å². The van der Waals surface area contributed by atoms with Crippen LogP contribution < -0.4 is 16.0 Å². The Bertz CT molecular complexity index is 121. The minimum Gasteiger partial charge on any atom is -0.662 e. The van der Waals surface area contributed by atoms with Crippen molar-refractivity contribution in [1.82, 2.24) is 16.0 Å². The zero-order chi connectivity index (χ0) is 14.0. The maximum Gasteiger partial charge on any atom is 2.00 e. The molecular weight excluding hydrogens is 288 g/mol. The fourth-order valence-electron chi connectivity index (χ4n) is 1.80. The van der Waals surface area contributed by atoms with Crippen molar-refractivity contribution in [3.8, 4) is 0 Å². The van der Waals surface area contributed by atoms with Crippen LogP contribution in [0.4, 0.5) is 0 Å². The summed E-state index contributed by atoms with van der Waals surface area (Å²) in [6.07, 6.45) is 5.32. The molecule has 1 fully saturated rings. The van der Waals surface area contributed by atoms with Gasteiger partial charge in [-0.05, 0) is 58.4 Å². The number of carbonyl (C=O) groups excluding carboxylic acids is 1. The molecule has 1 aliphatic heterocycles. The molecule has 1 rings (SSSR count). The molecule has 116 valence electrons. The maximum absolute atomic E-state index is 8.69. The molecule has 0 saturated carbocycles. The van der Waals surface area contributed by atoms with E-state index in [1.807, 2.05) is 0 Å². The van der Waals surface area contributed by atoms with Crippen LogP contribution in [0.1, 0.15) is 25.7 Å². The van der Waals surface area contributed by atoms with Gasteiger partial charge in [-0.3, -0.25) is 0 Å². The van der Waals surface area contributed by atoms with Gasteiger partial charge in [0.25, 0.3) is 0 Å². The molecule has 0 atom stereocenters. The molecule has 0 spiro atoms. The van der Waals surface area contributed by atoms with Gasteiger partial charge in [0.2, 0.25) is 0 Å². The van der Waals surface area contributed by atoms with Crippen molar-refractivity contribution in [2.24, 2.45) is 0 Å². The first kappa shape index (κ1) is 22.4. The first-order chi connectivity index (χ1) is 9.41. The van der Waals surface area contributed by atoms with Gasteiger partial charge in [0, 0.05) is 0 Å². The van der Waals surface area contributed by atoms with E-state index in [9.17, 15) is 0 Å². The van der Waals surface area contributed by atoms with Crippen LogP contribution in [0.25, 0.3) is 5.32 Å². The predicted octanol–water partition coefficient (Wildman–Crippen LogP) is 0.720.